The van der Waals surface area contributed by atoms with Gasteiger partial charge in [-0.1, -0.05) is 29.8 Å². The number of sulfonamides is 1. The first-order valence-electron chi connectivity index (χ1n) is 9.37. The number of methoxy groups -OCH3 is 1. The summed E-state index contributed by atoms with van der Waals surface area (Å²) in [5, 5.41) is 3.11. The number of amides is 1. The van der Waals surface area contributed by atoms with Crippen LogP contribution in [0, 0.1) is 0 Å². The molecular weight excluding hydrogens is 440 g/mol. The van der Waals surface area contributed by atoms with Crippen LogP contribution in [-0.2, 0) is 14.8 Å². The molecule has 4 rings (SSSR count). The van der Waals surface area contributed by atoms with Crippen LogP contribution in [-0.4, -0.2) is 34.1 Å². The number of nitrogens with one attached hydrogen (secondary N) is 1. The zero-order chi connectivity index (χ0) is 22.0. The van der Waals surface area contributed by atoms with Crippen LogP contribution in [0.3, 0.4) is 0 Å². The van der Waals surface area contributed by atoms with Crippen molar-refractivity contribution in [2.45, 2.75) is 11.0 Å². The number of nitrogens with zero attached hydrogens (tertiary/aromatic N) is 1. The van der Waals surface area contributed by atoms with Crippen molar-refractivity contribution in [3.8, 4) is 11.5 Å². The van der Waals surface area contributed by atoms with Crippen molar-refractivity contribution in [2.75, 3.05) is 23.3 Å². The van der Waals surface area contributed by atoms with Crippen molar-refractivity contribution < 1.29 is 22.7 Å². The van der Waals surface area contributed by atoms with Crippen LogP contribution < -0.4 is 19.1 Å². The molecule has 3 aromatic carbocycles. The van der Waals surface area contributed by atoms with E-state index in [9.17, 15) is 13.2 Å². The Hall–Kier alpha value is -3.23. The average Bonchev–Trinajstić information content (AvgIpc) is 2.79. The van der Waals surface area contributed by atoms with Gasteiger partial charge in [0.05, 0.1) is 24.2 Å². The molecule has 1 atom stereocenters. The highest BCUT2D eigenvalue weighted by Gasteiger charge is 2.37. The molecule has 0 saturated heterocycles. The van der Waals surface area contributed by atoms with Crippen LogP contribution in [0.1, 0.15) is 0 Å². The van der Waals surface area contributed by atoms with Gasteiger partial charge in [-0.05, 0) is 54.6 Å². The Morgan fingerprint density at radius 3 is 2.48 bits per heavy atom. The van der Waals surface area contributed by atoms with Crippen LogP contribution in [0.25, 0.3) is 0 Å². The van der Waals surface area contributed by atoms with Crippen LogP contribution in [0.4, 0.5) is 11.4 Å². The molecule has 1 unspecified atom stereocenters. The summed E-state index contributed by atoms with van der Waals surface area (Å²) in [6.07, 6.45) is -1.06. The maximum absolute atomic E-state index is 13.3. The Kier molecular flexibility index (Phi) is 5.75. The van der Waals surface area contributed by atoms with Crippen molar-refractivity contribution >= 4 is 38.9 Å². The van der Waals surface area contributed by atoms with Crippen LogP contribution in [0.5, 0.6) is 11.5 Å². The number of benzene rings is 3. The molecule has 7 nitrogen and oxygen atoms in total. The minimum Gasteiger partial charge on any atom is -0.497 e. The maximum Gasteiger partial charge on any atom is 0.267 e. The van der Waals surface area contributed by atoms with Gasteiger partial charge in [0.1, 0.15) is 11.5 Å². The molecule has 0 saturated carbocycles. The van der Waals surface area contributed by atoms with E-state index >= 15 is 0 Å². The van der Waals surface area contributed by atoms with E-state index in [1.54, 1.807) is 61.7 Å². The van der Waals surface area contributed by atoms with E-state index in [-0.39, 0.29) is 22.9 Å². The molecule has 0 aromatic heterocycles. The molecule has 160 valence electrons. The number of fused-ring (bicyclic) bond motifs is 1. The standard InChI is InChI=1S/C22H19ClN2O5S/c1-29-17-10-8-16(9-11-17)24-22(26)21-14-25(19-13-15(23)7-12-20(19)30-21)31(27,28)18-5-3-2-4-6-18/h2-13,21H,14H2,1H3,(H,24,26). The second-order valence-corrected chi connectivity index (χ2v) is 9.08. The van der Waals surface area contributed by atoms with Gasteiger partial charge in [-0.3, -0.25) is 9.10 Å². The number of rotatable bonds is 5. The van der Waals surface area contributed by atoms with E-state index in [1.807, 2.05) is 0 Å². The lowest BCUT2D eigenvalue weighted by Gasteiger charge is -2.34. The van der Waals surface area contributed by atoms with Gasteiger partial charge in [0, 0.05) is 10.7 Å². The number of hydrogen-bond acceptors (Lipinski definition) is 5. The van der Waals surface area contributed by atoms with Crippen molar-refractivity contribution in [2.24, 2.45) is 0 Å². The fourth-order valence-corrected chi connectivity index (χ4v) is 4.86. The summed E-state index contributed by atoms with van der Waals surface area (Å²) in [6, 6.07) is 19.4. The van der Waals surface area contributed by atoms with Crippen molar-refractivity contribution in [1.82, 2.24) is 0 Å². The Morgan fingerprint density at radius 2 is 1.81 bits per heavy atom. The summed E-state index contributed by atoms with van der Waals surface area (Å²) in [4.78, 5) is 13.0. The molecule has 0 fully saturated rings. The Balaban J connectivity index is 1.66. The Bertz CT molecular complexity index is 1200. The number of halogens is 1. The van der Waals surface area contributed by atoms with Gasteiger partial charge in [0.25, 0.3) is 15.9 Å². The average molecular weight is 459 g/mol. The maximum atomic E-state index is 13.3. The number of carbonyl (C=O) groups is 1. The minimum absolute atomic E-state index is 0.108. The minimum atomic E-state index is -3.94. The molecule has 0 spiro atoms. The summed E-state index contributed by atoms with van der Waals surface area (Å²) in [5.74, 6) is 0.432. The van der Waals surface area contributed by atoms with E-state index in [1.165, 1.54) is 18.2 Å². The normalized spacial score (nSPS) is 15.5. The molecule has 1 amide bonds. The van der Waals surface area contributed by atoms with E-state index in [4.69, 9.17) is 21.1 Å². The van der Waals surface area contributed by atoms with Gasteiger partial charge in [-0.2, -0.15) is 0 Å². The third-order valence-electron chi connectivity index (χ3n) is 4.77. The Morgan fingerprint density at radius 1 is 1.10 bits per heavy atom. The van der Waals surface area contributed by atoms with Gasteiger partial charge in [0.2, 0.25) is 0 Å². The fraction of sp³-hybridized carbons (Fsp3) is 0.136. The van der Waals surface area contributed by atoms with E-state index in [0.717, 1.165) is 4.31 Å². The highest BCUT2D eigenvalue weighted by Crippen LogP contribution is 2.39. The summed E-state index contributed by atoms with van der Waals surface area (Å²) >= 11 is 6.10. The molecule has 31 heavy (non-hydrogen) atoms. The predicted molar refractivity (Wildman–Crippen MR) is 118 cm³/mol. The number of hydrogen-bond donors (Lipinski definition) is 1. The third kappa shape index (κ3) is 4.30. The van der Waals surface area contributed by atoms with Gasteiger partial charge < -0.3 is 14.8 Å². The van der Waals surface area contributed by atoms with Gasteiger partial charge in [0.15, 0.2) is 6.10 Å². The molecule has 0 radical (unpaired) electrons. The summed E-state index contributed by atoms with van der Waals surface area (Å²) in [6.45, 7) is -0.202. The van der Waals surface area contributed by atoms with Crippen LogP contribution in [0.2, 0.25) is 5.02 Å². The zero-order valence-electron chi connectivity index (χ0n) is 16.5. The highest BCUT2D eigenvalue weighted by atomic mass is 35.5. The molecular formula is C22H19ClN2O5S. The van der Waals surface area contributed by atoms with Gasteiger partial charge in [-0.25, -0.2) is 8.42 Å². The summed E-state index contributed by atoms with van der Waals surface area (Å²) in [5.41, 5.74) is 0.818. The molecule has 3 aromatic rings. The van der Waals surface area contributed by atoms with E-state index in [2.05, 4.69) is 5.32 Å². The lowest BCUT2D eigenvalue weighted by Crippen LogP contribution is -2.48. The molecule has 1 heterocycles. The number of anilines is 2. The first-order valence-corrected chi connectivity index (χ1v) is 11.2. The fourth-order valence-electron chi connectivity index (χ4n) is 3.21. The van der Waals surface area contributed by atoms with Crippen molar-refractivity contribution in [3.05, 3.63) is 77.8 Å². The second kappa shape index (κ2) is 8.49. The SMILES string of the molecule is COc1ccc(NC(=O)C2CN(S(=O)(=O)c3ccccc3)c3cc(Cl)ccc3O2)cc1. The van der Waals surface area contributed by atoms with Gasteiger partial charge >= 0.3 is 0 Å². The summed E-state index contributed by atoms with van der Waals surface area (Å²) in [7, 11) is -2.39. The number of carbonyl (C=O) groups excluding carboxylic acids is 1. The van der Waals surface area contributed by atoms with E-state index < -0.39 is 22.0 Å². The first-order chi connectivity index (χ1) is 14.9. The number of ether oxygens (including phenoxy) is 2. The van der Waals surface area contributed by atoms with Crippen molar-refractivity contribution in [1.29, 1.82) is 0 Å². The van der Waals surface area contributed by atoms with E-state index in [0.29, 0.717) is 16.5 Å². The highest BCUT2D eigenvalue weighted by molar-refractivity contribution is 7.92. The smallest absolute Gasteiger partial charge is 0.267 e. The molecule has 9 heteroatoms. The summed E-state index contributed by atoms with van der Waals surface area (Å²) < 4.78 is 38.8. The monoisotopic (exact) mass is 458 g/mol. The molecule has 1 N–H and O–H groups in total. The molecule has 0 bridgehead atoms. The lowest BCUT2D eigenvalue weighted by molar-refractivity contribution is -0.122. The third-order valence-corrected chi connectivity index (χ3v) is 6.80. The zero-order valence-corrected chi connectivity index (χ0v) is 18.1. The predicted octanol–water partition coefficient (Wildman–Crippen LogP) is 3.94. The lowest BCUT2D eigenvalue weighted by atomic mass is 10.2. The topological polar surface area (TPSA) is 84.9 Å². The second-order valence-electron chi connectivity index (χ2n) is 6.79. The molecule has 1 aliphatic rings. The van der Waals surface area contributed by atoms with Crippen LogP contribution >= 0.6 is 11.6 Å². The quantitative estimate of drug-likeness (QED) is 0.626. The van der Waals surface area contributed by atoms with Crippen LogP contribution in [0.15, 0.2) is 77.7 Å². The largest absolute Gasteiger partial charge is 0.497 e. The molecule has 1 aliphatic heterocycles. The molecule has 0 aliphatic carbocycles. The van der Waals surface area contributed by atoms with Crippen molar-refractivity contribution in [3.63, 3.8) is 0 Å². The van der Waals surface area contributed by atoms with Gasteiger partial charge in [-0.15, -0.1) is 0 Å². The first kappa shape index (κ1) is 21.0. The Labute approximate surface area is 185 Å².